The molecule has 0 radical (unpaired) electrons. The van der Waals surface area contributed by atoms with Gasteiger partial charge in [0.05, 0.1) is 19.8 Å². The standard InChI is InChI=1S/C94H149N7O33/c1-57(39-49-119-89-80(98-59(3)102)86(129-68(12)111)83(126-65(9)108)72(132-89)53-122-62(6)105)30-22-20-26-46-95-75(114)36-42-94(101-78(117)34-28-35-79(118)125-52-71-32-24-19-25-33-71,43-37-76(115)96-47-27-21-23-31-58(2)40-50-120-90-81(99-60(4)103)87(130-69(13)112)84(127-66(10)109)73(133-90)54-123-63(7)106)44-38-77(116)97-48-29-41-92(15,16)56-93(17,18)45-51-121-91-82(100-61(5)104)88(131-70(14)113)85(128-67(11)110)74(134-91)55-124-64(8)107/h19,24-25,32-33,57-58,72-74,80-91H,20-23,26-31,34-56H2,1-18H3,(H,95,114)(H,96,115)(H,97,116)(H,98,102)(H,99,103)(H,100,104)(H,101,117). The maximum atomic E-state index is 14.4. The Morgan fingerprint density at radius 1 is 0.343 bits per heavy atom. The van der Waals surface area contributed by atoms with Crippen molar-refractivity contribution in [3.63, 3.8) is 0 Å². The van der Waals surface area contributed by atoms with E-state index >= 15 is 0 Å². The second-order valence-corrected chi connectivity index (χ2v) is 36.5. The molecule has 3 aliphatic rings. The third-order valence-electron chi connectivity index (χ3n) is 22.7. The minimum absolute atomic E-state index is 0.0109. The average Bonchev–Trinajstić information content (AvgIpc) is 0.790. The minimum atomic E-state index is -1.31. The summed E-state index contributed by atoms with van der Waals surface area (Å²) in [6, 6.07) is 5.71. The first-order valence-corrected chi connectivity index (χ1v) is 46.5. The smallest absolute Gasteiger partial charge is 0.306 e. The van der Waals surface area contributed by atoms with Crippen LogP contribution in [0.3, 0.4) is 0 Å². The van der Waals surface area contributed by atoms with Gasteiger partial charge < -0.3 is 113 Å². The molecule has 1 aromatic rings. The van der Waals surface area contributed by atoms with Gasteiger partial charge in [0, 0.05) is 140 Å². The van der Waals surface area contributed by atoms with E-state index in [1.54, 1.807) is 0 Å². The Morgan fingerprint density at radius 3 is 1.02 bits per heavy atom. The van der Waals surface area contributed by atoms with Crippen LogP contribution < -0.4 is 37.2 Å². The molecule has 7 N–H and O–H groups in total. The molecule has 134 heavy (non-hydrogen) atoms. The van der Waals surface area contributed by atoms with Crippen LogP contribution in [-0.4, -0.2) is 258 Å². The molecule has 3 aliphatic heterocycles. The first kappa shape index (κ1) is 116. The third-order valence-corrected chi connectivity index (χ3v) is 22.7. The van der Waals surface area contributed by atoms with Crippen molar-refractivity contribution >= 4 is 101 Å². The normalized spacial score (nSPS) is 22.5. The Kier molecular flexibility index (Phi) is 52.5. The first-order chi connectivity index (χ1) is 63.1. The van der Waals surface area contributed by atoms with Crippen molar-refractivity contribution in [3.05, 3.63) is 35.9 Å². The maximum Gasteiger partial charge on any atom is 0.306 e. The number of hydrogen-bond donors (Lipinski definition) is 7. The van der Waals surface area contributed by atoms with E-state index in [-0.39, 0.29) is 144 Å². The molecule has 3 heterocycles. The summed E-state index contributed by atoms with van der Waals surface area (Å²) < 4.78 is 91.7. The molecule has 3 fully saturated rings. The zero-order valence-corrected chi connectivity index (χ0v) is 81.5. The van der Waals surface area contributed by atoms with E-state index in [2.05, 4.69) is 64.9 Å². The molecule has 0 aliphatic carbocycles. The summed E-state index contributed by atoms with van der Waals surface area (Å²) in [5.74, 6) is -9.76. The summed E-state index contributed by atoms with van der Waals surface area (Å²) >= 11 is 0. The number of benzene rings is 1. The molecular weight excluding hydrogens is 1760 g/mol. The fourth-order valence-electron chi connectivity index (χ4n) is 16.6. The van der Waals surface area contributed by atoms with E-state index in [4.69, 9.17) is 75.8 Å². The van der Waals surface area contributed by atoms with Crippen LogP contribution in [0.15, 0.2) is 30.3 Å². The summed E-state index contributed by atoms with van der Waals surface area (Å²) in [6.07, 6.45) is -6.19. The molecule has 758 valence electrons. The predicted octanol–water partition coefficient (Wildman–Crippen LogP) is 7.25. The number of unbranched alkanes of at least 4 members (excludes halogenated alkanes) is 4. The van der Waals surface area contributed by atoms with Crippen LogP contribution in [0.1, 0.15) is 278 Å². The van der Waals surface area contributed by atoms with Gasteiger partial charge in [-0.05, 0) is 105 Å². The van der Waals surface area contributed by atoms with E-state index in [9.17, 15) is 81.5 Å². The van der Waals surface area contributed by atoms with Gasteiger partial charge in [-0.3, -0.25) is 81.5 Å². The lowest BCUT2D eigenvalue weighted by Gasteiger charge is -2.45. The van der Waals surface area contributed by atoms with Crippen LogP contribution in [0, 0.1) is 22.7 Å². The fourth-order valence-corrected chi connectivity index (χ4v) is 16.6. The van der Waals surface area contributed by atoms with Crippen LogP contribution in [0.4, 0.5) is 0 Å². The zero-order valence-electron chi connectivity index (χ0n) is 81.5. The second kappa shape index (κ2) is 60.4. The van der Waals surface area contributed by atoms with E-state index in [1.165, 1.54) is 41.5 Å². The summed E-state index contributed by atoms with van der Waals surface area (Å²) in [6.45, 7) is 26.7. The van der Waals surface area contributed by atoms with Gasteiger partial charge in [0.2, 0.25) is 41.4 Å². The maximum absolute atomic E-state index is 14.4. The lowest BCUT2D eigenvalue weighted by molar-refractivity contribution is -0.278. The lowest BCUT2D eigenvalue weighted by atomic mass is 9.71. The highest BCUT2D eigenvalue weighted by Crippen LogP contribution is 2.40. The highest BCUT2D eigenvalue weighted by molar-refractivity contribution is 5.81. The van der Waals surface area contributed by atoms with E-state index in [1.807, 2.05) is 44.2 Å². The van der Waals surface area contributed by atoms with Crippen molar-refractivity contribution in [3.8, 4) is 0 Å². The summed E-state index contributed by atoms with van der Waals surface area (Å²) in [5, 5.41) is 20.3. The first-order valence-electron chi connectivity index (χ1n) is 46.5. The fraction of sp³-hybridized carbons (Fsp3) is 0.755. The molecule has 0 aromatic heterocycles. The van der Waals surface area contributed by atoms with Gasteiger partial charge in [-0.2, -0.15) is 0 Å². The zero-order chi connectivity index (χ0) is 99.8. The summed E-state index contributed by atoms with van der Waals surface area (Å²) in [4.78, 5) is 217. The van der Waals surface area contributed by atoms with Gasteiger partial charge in [-0.25, -0.2) is 0 Å². The van der Waals surface area contributed by atoms with Crippen molar-refractivity contribution in [1.82, 2.24) is 37.2 Å². The van der Waals surface area contributed by atoms with Gasteiger partial charge in [0.15, 0.2) is 55.5 Å². The monoisotopic (exact) mass is 1900 g/mol. The molecule has 4 rings (SSSR count). The lowest BCUT2D eigenvalue weighted by Crippen LogP contribution is -2.66. The van der Waals surface area contributed by atoms with Crippen LogP contribution in [0.2, 0.25) is 0 Å². The number of rotatable bonds is 61. The average molecular weight is 1910 g/mol. The number of esters is 10. The van der Waals surface area contributed by atoms with Crippen molar-refractivity contribution in [2.45, 2.75) is 376 Å². The number of ether oxygens (including phenoxy) is 16. The summed E-state index contributed by atoms with van der Waals surface area (Å²) in [7, 11) is 0. The Morgan fingerprint density at radius 2 is 0.679 bits per heavy atom. The molecule has 7 amide bonds. The van der Waals surface area contributed by atoms with E-state index < -0.39 is 187 Å². The van der Waals surface area contributed by atoms with Crippen molar-refractivity contribution < 1.29 is 157 Å². The van der Waals surface area contributed by atoms with E-state index in [0.717, 1.165) is 85.6 Å². The van der Waals surface area contributed by atoms with Crippen LogP contribution in [0.5, 0.6) is 0 Å². The quantitative estimate of drug-likeness (QED) is 0.0192. The minimum Gasteiger partial charge on any atom is -0.463 e. The molecule has 1 aromatic carbocycles. The largest absolute Gasteiger partial charge is 0.463 e. The summed E-state index contributed by atoms with van der Waals surface area (Å²) in [5.41, 5.74) is -1.21. The van der Waals surface area contributed by atoms with Crippen molar-refractivity contribution in [1.29, 1.82) is 0 Å². The van der Waals surface area contributed by atoms with Crippen LogP contribution >= 0.6 is 0 Å². The molecule has 3 saturated heterocycles. The Balaban J connectivity index is 1.49. The Hall–Kier alpha value is -10.0. The number of carbonyl (C=O) groups excluding carboxylic acids is 17. The van der Waals surface area contributed by atoms with Gasteiger partial charge in [-0.15, -0.1) is 0 Å². The van der Waals surface area contributed by atoms with Crippen LogP contribution in [-0.2, 0) is 164 Å². The predicted molar refractivity (Wildman–Crippen MR) is 478 cm³/mol. The molecule has 40 nitrogen and oxygen atoms in total. The molecule has 40 heteroatoms. The molecule has 0 spiro atoms. The highest BCUT2D eigenvalue weighted by Gasteiger charge is 2.55. The SMILES string of the molecule is CC(=O)NC1C(OCCC(C)CCCCCNC(=O)CCC(CCC(=O)NCCCCCC(C)CCOC2OC(COC(C)=O)C(OC(C)=O)C(OC(C)=O)C2NC(C)=O)(CCC(=O)NCCCC(C)(C)CC(C)(C)CCOC2OC(COC(C)=O)C(OC(C)=O)C(OC(C)=O)C2NC(C)=O)NC(=O)CCCC(=O)OCc2ccccc2)OC(COC(C)=O)C(OC(C)=O)C1OC(C)=O. The van der Waals surface area contributed by atoms with Crippen molar-refractivity contribution in [2.24, 2.45) is 22.7 Å². The van der Waals surface area contributed by atoms with Gasteiger partial charge in [0.1, 0.15) is 62.9 Å². The van der Waals surface area contributed by atoms with Gasteiger partial charge >= 0.3 is 59.7 Å². The van der Waals surface area contributed by atoms with Gasteiger partial charge in [-0.1, -0.05) is 110 Å². The van der Waals surface area contributed by atoms with Gasteiger partial charge in [0.25, 0.3) is 0 Å². The number of hydrogen-bond acceptors (Lipinski definition) is 33. The topological polar surface area (TPSA) is 522 Å². The molecule has 0 bridgehead atoms. The van der Waals surface area contributed by atoms with Crippen molar-refractivity contribution in [2.75, 3.05) is 59.3 Å². The Bertz CT molecular complexity index is 3810. The van der Waals surface area contributed by atoms with Crippen LogP contribution in [0.25, 0.3) is 0 Å². The Labute approximate surface area is 786 Å². The van der Waals surface area contributed by atoms with E-state index in [0.29, 0.717) is 64.5 Å². The third kappa shape index (κ3) is 47.4. The number of carbonyl (C=O) groups is 17. The second-order valence-electron chi connectivity index (χ2n) is 36.5. The molecular formula is C94H149N7O33. The molecule has 0 saturated carbocycles. The highest BCUT2D eigenvalue weighted by atomic mass is 16.7. The number of nitrogens with one attached hydrogen (secondary N) is 7. The molecule has 17 unspecified atom stereocenters. The molecule has 17 atom stereocenters. The number of amides is 7.